The highest BCUT2D eigenvalue weighted by atomic mass is 16.5. The van der Waals surface area contributed by atoms with Crippen LogP contribution in [0.15, 0.2) is 18.2 Å². The van der Waals surface area contributed by atoms with Crippen molar-refractivity contribution >= 4 is 17.5 Å². The van der Waals surface area contributed by atoms with Crippen LogP contribution in [0, 0.1) is 5.41 Å². The van der Waals surface area contributed by atoms with E-state index in [0.717, 1.165) is 50.6 Å². The van der Waals surface area contributed by atoms with Gasteiger partial charge in [0.05, 0.1) is 13.2 Å². The Morgan fingerprint density at radius 1 is 1.26 bits per heavy atom. The molecule has 0 atom stereocenters. The fraction of sp³-hybridized carbons (Fsp3) is 0.619. The predicted molar refractivity (Wildman–Crippen MR) is 104 cm³/mol. The summed E-state index contributed by atoms with van der Waals surface area (Å²) in [6.45, 7) is 9.46. The van der Waals surface area contributed by atoms with Crippen molar-refractivity contribution < 1.29 is 14.3 Å². The Bertz CT molecular complexity index is 749. The quantitative estimate of drug-likeness (QED) is 0.832. The number of carbonyl (C=O) groups excluding carboxylic acids is 2. The summed E-state index contributed by atoms with van der Waals surface area (Å²) >= 11 is 0. The highest BCUT2D eigenvalue weighted by molar-refractivity contribution is 5.98. The molecule has 1 aliphatic carbocycles. The average molecular weight is 371 g/mol. The summed E-state index contributed by atoms with van der Waals surface area (Å²) in [5.74, 6) is 0.00208. The van der Waals surface area contributed by atoms with Gasteiger partial charge < -0.3 is 15.4 Å². The minimum atomic E-state index is -0.262. The molecule has 0 spiro atoms. The first kappa shape index (κ1) is 18.4. The second-order valence-corrected chi connectivity index (χ2v) is 8.94. The Balaban J connectivity index is 1.40. The third-order valence-corrected chi connectivity index (χ3v) is 6.13. The highest BCUT2D eigenvalue weighted by Gasteiger charge is 2.44. The third-order valence-electron chi connectivity index (χ3n) is 6.13. The highest BCUT2D eigenvalue weighted by Crippen LogP contribution is 2.46. The lowest BCUT2D eigenvalue weighted by Gasteiger charge is -2.32. The van der Waals surface area contributed by atoms with Gasteiger partial charge in [0.2, 0.25) is 5.91 Å². The molecule has 1 saturated carbocycles. The number of benzene rings is 1. The Morgan fingerprint density at radius 2 is 2.00 bits per heavy atom. The molecule has 2 amide bonds. The monoisotopic (exact) mass is 371 g/mol. The summed E-state index contributed by atoms with van der Waals surface area (Å²) in [4.78, 5) is 27.0. The summed E-state index contributed by atoms with van der Waals surface area (Å²) in [6, 6.07) is 5.59. The van der Waals surface area contributed by atoms with Gasteiger partial charge in [-0.3, -0.25) is 14.5 Å². The van der Waals surface area contributed by atoms with Gasteiger partial charge in [0.15, 0.2) is 0 Å². The van der Waals surface area contributed by atoms with Gasteiger partial charge in [-0.25, -0.2) is 0 Å². The maximum Gasteiger partial charge on any atom is 0.251 e. The number of rotatable bonds is 5. The van der Waals surface area contributed by atoms with E-state index in [4.69, 9.17) is 4.74 Å². The molecule has 6 heteroatoms. The number of ether oxygens (including phenoxy) is 1. The molecule has 0 bridgehead atoms. The van der Waals surface area contributed by atoms with Crippen molar-refractivity contribution in [2.75, 3.05) is 44.7 Å². The van der Waals surface area contributed by atoms with Gasteiger partial charge in [0.25, 0.3) is 5.91 Å². The number of carbonyl (C=O) groups is 2. The van der Waals surface area contributed by atoms with Crippen LogP contribution in [0.5, 0.6) is 0 Å². The minimum absolute atomic E-state index is 0.0289. The van der Waals surface area contributed by atoms with E-state index in [9.17, 15) is 9.59 Å². The first-order valence-electron chi connectivity index (χ1n) is 9.90. The van der Waals surface area contributed by atoms with Crippen molar-refractivity contribution in [3.8, 4) is 0 Å². The maximum atomic E-state index is 12.7. The molecule has 27 heavy (non-hydrogen) atoms. The zero-order valence-corrected chi connectivity index (χ0v) is 16.3. The summed E-state index contributed by atoms with van der Waals surface area (Å²) in [7, 11) is 0. The molecule has 0 radical (unpaired) electrons. The maximum absolute atomic E-state index is 12.7. The number of amides is 2. The van der Waals surface area contributed by atoms with Gasteiger partial charge in [0.1, 0.15) is 0 Å². The van der Waals surface area contributed by atoms with E-state index in [1.807, 2.05) is 26.0 Å². The van der Waals surface area contributed by atoms with Gasteiger partial charge in [-0.15, -0.1) is 0 Å². The summed E-state index contributed by atoms with van der Waals surface area (Å²) in [6.07, 6.45) is 2.79. The molecule has 2 aliphatic heterocycles. The van der Waals surface area contributed by atoms with E-state index in [2.05, 4.69) is 15.5 Å². The van der Waals surface area contributed by atoms with E-state index in [1.54, 1.807) is 6.07 Å². The molecule has 2 heterocycles. The average Bonchev–Trinajstić information content (AvgIpc) is 3.39. The number of fused-ring (bicyclic) bond motifs is 1. The molecule has 0 unspecified atom stereocenters. The van der Waals surface area contributed by atoms with Gasteiger partial charge in [-0.05, 0) is 36.6 Å². The van der Waals surface area contributed by atoms with Crippen LogP contribution in [0.25, 0.3) is 0 Å². The summed E-state index contributed by atoms with van der Waals surface area (Å²) in [5, 5.41) is 6.06. The summed E-state index contributed by atoms with van der Waals surface area (Å²) in [5.41, 5.74) is 2.49. The van der Waals surface area contributed by atoms with E-state index < -0.39 is 0 Å². The van der Waals surface area contributed by atoms with E-state index >= 15 is 0 Å². The molecule has 3 aliphatic rings. The number of nitrogens with one attached hydrogen (secondary N) is 2. The van der Waals surface area contributed by atoms with E-state index in [0.29, 0.717) is 12.0 Å². The molecule has 146 valence electrons. The number of nitrogens with zero attached hydrogens (tertiary/aromatic N) is 1. The first-order valence-corrected chi connectivity index (χ1v) is 9.90. The van der Waals surface area contributed by atoms with Crippen LogP contribution < -0.4 is 10.6 Å². The van der Waals surface area contributed by atoms with Crippen molar-refractivity contribution in [3.63, 3.8) is 0 Å². The molecule has 0 aromatic heterocycles. The number of anilines is 1. The van der Waals surface area contributed by atoms with Crippen LogP contribution in [0.4, 0.5) is 5.69 Å². The first-order chi connectivity index (χ1) is 12.9. The van der Waals surface area contributed by atoms with Gasteiger partial charge in [-0.2, -0.15) is 0 Å². The zero-order chi connectivity index (χ0) is 19.1. The van der Waals surface area contributed by atoms with Crippen LogP contribution in [-0.2, 0) is 14.9 Å². The third kappa shape index (κ3) is 4.01. The van der Waals surface area contributed by atoms with E-state index in [1.165, 1.54) is 12.8 Å². The van der Waals surface area contributed by atoms with Crippen molar-refractivity contribution in [1.82, 2.24) is 10.2 Å². The fourth-order valence-electron chi connectivity index (χ4n) is 4.22. The fourth-order valence-corrected chi connectivity index (χ4v) is 4.22. The number of hydrogen-bond acceptors (Lipinski definition) is 4. The summed E-state index contributed by atoms with van der Waals surface area (Å²) < 4.78 is 5.42. The van der Waals surface area contributed by atoms with Crippen molar-refractivity contribution in [2.24, 2.45) is 5.41 Å². The zero-order valence-electron chi connectivity index (χ0n) is 16.3. The lowest BCUT2D eigenvalue weighted by molar-refractivity contribution is -0.117. The van der Waals surface area contributed by atoms with Crippen molar-refractivity contribution in [3.05, 3.63) is 29.3 Å². The molecule has 1 aromatic carbocycles. The van der Waals surface area contributed by atoms with Gasteiger partial charge >= 0.3 is 0 Å². The van der Waals surface area contributed by atoms with Crippen LogP contribution in [0.3, 0.4) is 0 Å². The van der Waals surface area contributed by atoms with Gasteiger partial charge in [-0.1, -0.05) is 13.8 Å². The molecule has 2 N–H and O–H groups in total. The second-order valence-electron chi connectivity index (χ2n) is 8.94. The lowest BCUT2D eigenvalue weighted by atomic mass is 9.77. The van der Waals surface area contributed by atoms with Crippen LogP contribution >= 0.6 is 0 Å². The molecule has 6 nitrogen and oxygen atoms in total. The van der Waals surface area contributed by atoms with Gasteiger partial charge in [0, 0.05) is 54.7 Å². The molecular formula is C21H29N3O3. The molecular weight excluding hydrogens is 342 g/mol. The Morgan fingerprint density at radius 3 is 2.70 bits per heavy atom. The second kappa shape index (κ2) is 6.91. The van der Waals surface area contributed by atoms with Crippen molar-refractivity contribution in [2.45, 2.75) is 38.5 Å². The van der Waals surface area contributed by atoms with Crippen LogP contribution in [0.1, 0.15) is 49.0 Å². The minimum Gasteiger partial charge on any atom is -0.379 e. The topological polar surface area (TPSA) is 70.7 Å². The number of hydrogen-bond donors (Lipinski definition) is 2. The molecule has 1 saturated heterocycles. The smallest absolute Gasteiger partial charge is 0.251 e. The Kier molecular flexibility index (Phi) is 4.72. The molecule has 1 aromatic rings. The number of morpholine rings is 1. The van der Waals surface area contributed by atoms with Crippen LogP contribution in [-0.4, -0.2) is 56.1 Å². The van der Waals surface area contributed by atoms with Crippen molar-refractivity contribution in [1.29, 1.82) is 0 Å². The Hall–Kier alpha value is -1.92. The van der Waals surface area contributed by atoms with E-state index in [-0.39, 0.29) is 22.6 Å². The predicted octanol–water partition coefficient (Wildman–Crippen LogP) is 2.15. The standard InChI is InChI=1S/C21H29N3O3/c1-20(2)12-18(25)23-17-4-3-15(11-16(17)20)19(26)22-13-21(5-6-21)14-24-7-9-27-10-8-24/h3-4,11H,5-10,12-14H2,1-2H3,(H,22,26)(H,23,25). The largest absolute Gasteiger partial charge is 0.379 e. The van der Waals surface area contributed by atoms with Crippen LogP contribution in [0.2, 0.25) is 0 Å². The molecule has 2 fully saturated rings. The molecule has 4 rings (SSSR count). The normalized spacial score (nSPS) is 23.3. The lowest BCUT2D eigenvalue weighted by Crippen LogP contribution is -2.43. The SMILES string of the molecule is CC1(C)CC(=O)Nc2ccc(C(=O)NCC3(CN4CCOCC4)CC3)cc21. The Labute approximate surface area is 160 Å².